The minimum absolute atomic E-state index is 0.303. The van der Waals surface area contributed by atoms with Gasteiger partial charge in [-0.25, -0.2) is 8.78 Å². The van der Waals surface area contributed by atoms with Gasteiger partial charge in [0.15, 0.2) is 47.0 Å². The van der Waals surface area contributed by atoms with Gasteiger partial charge in [-0.2, -0.15) is 0 Å². The Kier molecular flexibility index (Phi) is 27.2. The number of hydrogen-bond acceptors (Lipinski definition) is 11. The molecule has 19 heteroatoms. The predicted octanol–water partition coefficient (Wildman–Crippen LogP) is 7.27. The van der Waals surface area contributed by atoms with E-state index in [0.717, 1.165) is 49.1 Å². The van der Waals surface area contributed by atoms with Gasteiger partial charge in [-0.1, -0.05) is 0 Å². The number of hydrogen-bond donors (Lipinski definition) is 0. The maximum atomic E-state index is 11.9. The van der Waals surface area contributed by atoms with Gasteiger partial charge < -0.3 is 49.0 Å². The molecule has 0 aromatic rings. The Hall–Kier alpha value is 0.721. The van der Waals surface area contributed by atoms with Crippen LogP contribution >= 0.6 is 0 Å². The van der Waals surface area contributed by atoms with Crippen molar-refractivity contribution < 1.29 is 57.8 Å². The molecule has 0 aliphatic heterocycles. The van der Waals surface area contributed by atoms with Gasteiger partial charge in [0, 0.05) is 68.0 Å². The van der Waals surface area contributed by atoms with Crippen LogP contribution in [0.2, 0.25) is 88.6 Å². The molecule has 0 radical (unpaired) electrons. The Morgan fingerprint density at radius 1 is 0.362 bits per heavy atom. The van der Waals surface area contributed by atoms with Gasteiger partial charge in [0.25, 0.3) is 0 Å². The molecule has 0 aromatic heterocycles. The van der Waals surface area contributed by atoms with Crippen LogP contribution in [-0.4, -0.2) is 134 Å². The number of ether oxygens (including phenoxy) is 3. The van der Waals surface area contributed by atoms with Crippen LogP contribution in [0.15, 0.2) is 0 Å². The van der Waals surface area contributed by atoms with Crippen molar-refractivity contribution in [3.8, 4) is 0 Å². The molecule has 0 unspecified atom stereocenters. The van der Waals surface area contributed by atoms with Gasteiger partial charge in [-0.3, -0.25) is 0 Å². The summed E-state index contributed by atoms with van der Waals surface area (Å²) in [4.78, 5) is 0. The van der Waals surface area contributed by atoms with Gasteiger partial charge in [0.1, 0.15) is 0 Å². The smallest absolute Gasteiger partial charge is 0.456 e. The molecule has 0 aliphatic carbocycles. The average Bonchev–Trinajstić information content (AvgIpc) is 3.00. The zero-order valence-corrected chi connectivity index (χ0v) is 38.1. The van der Waals surface area contributed by atoms with E-state index in [1.807, 2.05) is 0 Å². The second kappa shape index (κ2) is 25.6. The fraction of sp³-hybridized carbons (Fsp3) is 1.00. The fourth-order valence-electron chi connectivity index (χ4n) is 5.25. The quantitative estimate of drug-likeness (QED) is 0.0566. The largest absolute Gasteiger partial charge is 0.499 e. The lowest BCUT2D eigenvalue weighted by molar-refractivity contribution is 0.0100. The Bertz CT molecular complexity index is 750. The van der Waals surface area contributed by atoms with Crippen molar-refractivity contribution in [3.05, 3.63) is 0 Å². The summed E-state index contributed by atoms with van der Waals surface area (Å²) in [6.45, 7) is 18.3. The first-order chi connectivity index (χ1) is 21.8. The van der Waals surface area contributed by atoms with Crippen molar-refractivity contribution in [2.24, 2.45) is 0 Å². The van der Waals surface area contributed by atoms with Crippen molar-refractivity contribution in [1.29, 1.82) is 0 Å². The molecule has 47 heavy (non-hydrogen) atoms. The maximum Gasteiger partial charge on any atom is 0.499 e. The summed E-state index contributed by atoms with van der Waals surface area (Å²) in [5, 5.41) is 0. The molecule has 0 N–H and O–H groups in total. The second-order valence-corrected chi connectivity index (χ2v) is 37.6. The van der Waals surface area contributed by atoms with Crippen LogP contribution in [0.4, 0.5) is 8.78 Å². The third-order valence-electron chi connectivity index (χ3n) is 7.70. The zero-order valence-electron chi connectivity index (χ0n) is 32.1. The van der Waals surface area contributed by atoms with Crippen molar-refractivity contribution >= 4 is 50.9 Å². The first-order valence-corrected chi connectivity index (χ1v) is 32.7. The Morgan fingerprint density at radius 2 is 0.638 bits per heavy atom. The van der Waals surface area contributed by atoms with E-state index in [9.17, 15) is 8.78 Å². The van der Waals surface area contributed by atoms with Crippen molar-refractivity contribution in [2.45, 2.75) is 101 Å². The number of halogens is 2. The highest BCUT2D eigenvalue weighted by Gasteiger charge is 2.43. The molecular weight excluding hydrogens is 719 g/mol. The van der Waals surface area contributed by atoms with Crippen molar-refractivity contribution in [3.63, 3.8) is 0 Å². The van der Waals surface area contributed by atoms with Crippen LogP contribution in [0.1, 0.15) is 12.8 Å². The molecule has 0 bridgehead atoms. The summed E-state index contributed by atoms with van der Waals surface area (Å²) in [5.74, 6) is 0. The summed E-state index contributed by atoms with van der Waals surface area (Å²) in [6, 6.07) is 5.44. The lowest BCUT2D eigenvalue weighted by atomic mass is 10.5. The van der Waals surface area contributed by atoms with E-state index in [-0.39, 0.29) is 0 Å². The molecule has 0 rings (SSSR count). The van der Waals surface area contributed by atoms with Crippen LogP contribution in [0, 0.1) is 0 Å². The van der Waals surface area contributed by atoms with E-state index >= 15 is 0 Å². The summed E-state index contributed by atoms with van der Waals surface area (Å²) in [5.41, 5.74) is 0. The molecule has 0 fully saturated rings. The van der Waals surface area contributed by atoms with Crippen LogP contribution < -0.4 is 0 Å². The minimum atomic E-state index is -2.54. The Balaban J connectivity index is 0. The lowest BCUT2D eigenvalue weighted by Crippen LogP contribution is -2.48. The van der Waals surface area contributed by atoms with Gasteiger partial charge in [0.2, 0.25) is 0 Å². The molecule has 0 heterocycles. The highest BCUT2D eigenvalue weighted by Crippen LogP contribution is 2.29. The SMILES string of the molecule is CO[Si](CC[Si](C)(C)O[Si](C)(C)CCCOCCOCF)(OC)OC.CO[Si](CC[Si](C)(C)O[Si](C)(C)CCCOCF)(OC)OC. The lowest BCUT2D eigenvalue weighted by Gasteiger charge is -2.35. The van der Waals surface area contributed by atoms with Gasteiger partial charge in [-0.15, -0.1) is 0 Å². The fourth-order valence-corrected chi connectivity index (χ4v) is 30.3. The Morgan fingerprint density at radius 3 is 0.957 bits per heavy atom. The van der Waals surface area contributed by atoms with Gasteiger partial charge in [-0.05, 0) is 89.4 Å². The molecule has 0 atom stereocenters. The summed E-state index contributed by atoms with van der Waals surface area (Å²) in [6.07, 6.45) is 1.80. The standard InChI is InChI=1S/C15H37FO6Si3.C13H33FO5Si3/c1-17-25(18-2,19-3)14-13-24(6,7)22-23(4,5)12-8-9-20-10-11-21-15-16;1-15-22(16-2,17-3)12-11-21(6,7)19-20(4,5)10-8-9-18-13-14/h8-15H2,1-7H3;8-13H2,1-7H3. The topological polar surface area (TPSA) is 102 Å². The monoisotopic (exact) mass is 788 g/mol. The van der Waals surface area contributed by atoms with E-state index in [2.05, 4.69) is 57.1 Å². The van der Waals surface area contributed by atoms with Crippen molar-refractivity contribution in [1.82, 2.24) is 0 Å². The van der Waals surface area contributed by atoms with Gasteiger partial charge >= 0.3 is 17.6 Å². The zero-order chi connectivity index (χ0) is 36.7. The Labute approximate surface area is 292 Å². The van der Waals surface area contributed by atoms with E-state index in [1.54, 1.807) is 42.7 Å². The first-order valence-electron chi connectivity index (χ1n) is 16.4. The normalized spacial score (nSPS) is 13.5. The minimum Gasteiger partial charge on any atom is -0.456 e. The summed E-state index contributed by atoms with van der Waals surface area (Å²) in [7, 11) is -2.40. The van der Waals surface area contributed by atoms with E-state index in [0.29, 0.717) is 26.4 Å². The number of rotatable bonds is 29. The molecule has 0 aromatic carbocycles. The summed E-state index contributed by atoms with van der Waals surface area (Å²) < 4.78 is 84.6. The molecule has 0 aliphatic rings. The molecule has 286 valence electrons. The van der Waals surface area contributed by atoms with Crippen molar-refractivity contribution in [2.75, 3.05) is 82.8 Å². The van der Waals surface area contributed by atoms with Crippen LogP contribution in [0.25, 0.3) is 0 Å². The van der Waals surface area contributed by atoms with E-state index in [1.165, 1.54) is 0 Å². The van der Waals surface area contributed by atoms with Gasteiger partial charge in [0.05, 0.1) is 13.2 Å². The van der Waals surface area contributed by atoms with E-state index < -0.39 is 64.6 Å². The second-order valence-electron chi connectivity index (χ2n) is 13.7. The number of alkyl halides is 2. The summed E-state index contributed by atoms with van der Waals surface area (Å²) >= 11 is 0. The van der Waals surface area contributed by atoms with Crippen LogP contribution in [-0.2, 0) is 49.0 Å². The highest BCUT2D eigenvalue weighted by atomic mass is 28.4. The third-order valence-corrected chi connectivity index (χ3v) is 29.0. The van der Waals surface area contributed by atoms with Crippen LogP contribution in [0.5, 0.6) is 0 Å². The molecule has 0 spiro atoms. The van der Waals surface area contributed by atoms with E-state index in [4.69, 9.17) is 44.3 Å². The highest BCUT2D eigenvalue weighted by molar-refractivity contribution is 6.86. The third kappa shape index (κ3) is 24.5. The molecule has 0 amide bonds. The molecular formula is C28H70F2O11Si6. The first kappa shape index (κ1) is 49.8. The maximum absolute atomic E-state index is 11.9. The molecule has 11 nitrogen and oxygen atoms in total. The molecule has 0 saturated heterocycles. The average molecular weight is 789 g/mol. The van der Waals surface area contributed by atoms with Crippen LogP contribution in [0.3, 0.4) is 0 Å². The predicted molar refractivity (Wildman–Crippen MR) is 198 cm³/mol. The molecule has 0 saturated carbocycles.